The van der Waals surface area contributed by atoms with Crippen molar-refractivity contribution >= 4 is 10.0 Å². The van der Waals surface area contributed by atoms with Crippen molar-refractivity contribution in [2.24, 2.45) is 0 Å². The summed E-state index contributed by atoms with van der Waals surface area (Å²) >= 11 is 0. The number of nitrogens with zero attached hydrogens (tertiary/aromatic N) is 2. The quantitative estimate of drug-likeness (QED) is 0.442. The fourth-order valence-corrected chi connectivity index (χ4v) is 6.99. The number of nitrogens with one attached hydrogen (secondary N) is 1. The predicted molar refractivity (Wildman–Crippen MR) is 123 cm³/mol. The van der Waals surface area contributed by atoms with Crippen molar-refractivity contribution in [2.45, 2.75) is 62.5 Å². The number of aromatic amines is 1. The van der Waals surface area contributed by atoms with E-state index in [0.717, 1.165) is 11.2 Å². The molecule has 0 amide bonds. The van der Waals surface area contributed by atoms with Gasteiger partial charge in [0.05, 0.1) is 11.8 Å². The van der Waals surface area contributed by atoms with Gasteiger partial charge in [0.15, 0.2) is 0 Å². The van der Waals surface area contributed by atoms with Crippen LogP contribution in [0.1, 0.15) is 60.9 Å². The monoisotopic (exact) mass is 545 g/mol. The van der Waals surface area contributed by atoms with Crippen molar-refractivity contribution in [3.05, 3.63) is 87.2 Å². The molecule has 1 fully saturated rings. The minimum atomic E-state index is -4.85. The second-order valence-corrected chi connectivity index (χ2v) is 11.4. The highest BCUT2D eigenvalue weighted by atomic mass is 32.2. The number of aromatic nitrogens is 2. The van der Waals surface area contributed by atoms with Gasteiger partial charge in [0.25, 0.3) is 0 Å². The van der Waals surface area contributed by atoms with Crippen molar-refractivity contribution in [3.63, 3.8) is 0 Å². The van der Waals surface area contributed by atoms with Gasteiger partial charge in [0.2, 0.25) is 15.9 Å². The standard InChI is InChI=1S/C24H24F5N3O4S/c1-14-8-9-20(15-6-4-3-5-7-15)37(34,35)32(14)12-16-10-19(26)17(11-18(16)25)23(2,13-24(27,28)29)21-30-31-22(33)36-21/h3-7,10-11,14,20H,8-9,12-13H2,1-2H3,(H,31,33)/t14-,20+,23-/m0/s1. The molecule has 1 aliphatic rings. The van der Waals surface area contributed by atoms with E-state index in [1.54, 1.807) is 37.3 Å². The molecule has 1 saturated heterocycles. The Labute approximate surface area is 209 Å². The van der Waals surface area contributed by atoms with Crippen LogP contribution in [0.3, 0.4) is 0 Å². The predicted octanol–water partition coefficient (Wildman–Crippen LogP) is 4.95. The molecule has 3 aromatic rings. The summed E-state index contributed by atoms with van der Waals surface area (Å²) in [6, 6.07) is 9.27. The number of halogens is 5. The number of hydrogen-bond acceptors (Lipinski definition) is 5. The molecule has 2 heterocycles. The van der Waals surface area contributed by atoms with Gasteiger partial charge in [0.1, 0.15) is 16.9 Å². The molecule has 4 rings (SSSR count). The van der Waals surface area contributed by atoms with E-state index < -0.39 is 74.7 Å². The summed E-state index contributed by atoms with van der Waals surface area (Å²) in [5.74, 6) is -4.25. The molecule has 0 radical (unpaired) electrons. The Bertz CT molecular complexity index is 1440. The van der Waals surface area contributed by atoms with Gasteiger partial charge in [-0.05, 0) is 44.4 Å². The first-order valence-electron chi connectivity index (χ1n) is 11.4. The molecule has 7 nitrogen and oxygen atoms in total. The summed E-state index contributed by atoms with van der Waals surface area (Å²) in [6.45, 7) is 2.07. The molecule has 0 spiro atoms. The molecule has 200 valence electrons. The van der Waals surface area contributed by atoms with Crippen molar-refractivity contribution in [1.29, 1.82) is 0 Å². The lowest BCUT2D eigenvalue weighted by Gasteiger charge is -2.37. The van der Waals surface area contributed by atoms with Crippen molar-refractivity contribution in [3.8, 4) is 0 Å². The number of alkyl halides is 3. The number of rotatable bonds is 6. The third-order valence-electron chi connectivity index (χ3n) is 6.72. The number of benzene rings is 2. The Morgan fingerprint density at radius 2 is 1.78 bits per heavy atom. The molecular formula is C24H24F5N3O4S. The SMILES string of the molecule is C[C@H]1CC[C@H](c2ccccc2)S(=O)(=O)N1Cc1cc(F)c([C@](C)(CC(F)(F)F)c2n[nH]c(=O)o2)cc1F. The van der Waals surface area contributed by atoms with Gasteiger partial charge in [-0.2, -0.15) is 17.5 Å². The molecule has 2 aromatic carbocycles. The summed E-state index contributed by atoms with van der Waals surface area (Å²) in [5, 5.41) is 4.39. The van der Waals surface area contributed by atoms with E-state index in [1.807, 2.05) is 5.10 Å². The zero-order valence-electron chi connectivity index (χ0n) is 19.9. The molecule has 3 atom stereocenters. The van der Waals surface area contributed by atoms with Crippen LogP contribution in [0.15, 0.2) is 51.7 Å². The Morgan fingerprint density at radius 1 is 1.11 bits per heavy atom. The van der Waals surface area contributed by atoms with Gasteiger partial charge in [-0.15, -0.1) is 5.10 Å². The largest absolute Gasteiger partial charge is 0.434 e. The van der Waals surface area contributed by atoms with Gasteiger partial charge in [-0.3, -0.25) is 0 Å². The van der Waals surface area contributed by atoms with Crippen LogP contribution in [-0.4, -0.2) is 35.1 Å². The minimum absolute atomic E-state index is 0.344. The van der Waals surface area contributed by atoms with Gasteiger partial charge >= 0.3 is 11.9 Å². The van der Waals surface area contributed by atoms with Crippen molar-refractivity contribution in [1.82, 2.24) is 14.5 Å². The van der Waals surface area contributed by atoms with Crippen LogP contribution < -0.4 is 5.76 Å². The molecule has 13 heteroatoms. The Morgan fingerprint density at radius 3 is 2.38 bits per heavy atom. The van der Waals surface area contributed by atoms with Crippen LogP contribution in [0.25, 0.3) is 0 Å². The Balaban J connectivity index is 1.72. The van der Waals surface area contributed by atoms with Crippen LogP contribution in [0, 0.1) is 11.6 Å². The zero-order chi connectivity index (χ0) is 27.2. The van der Waals surface area contributed by atoms with Gasteiger partial charge in [-0.25, -0.2) is 27.1 Å². The van der Waals surface area contributed by atoms with Crippen LogP contribution in [0.2, 0.25) is 0 Å². The van der Waals surface area contributed by atoms with E-state index in [9.17, 15) is 26.4 Å². The molecular weight excluding hydrogens is 521 g/mol. The Hall–Kier alpha value is -3.06. The molecule has 0 unspecified atom stereocenters. The smallest absolute Gasteiger partial charge is 0.392 e. The summed E-state index contributed by atoms with van der Waals surface area (Å²) in [6.07, 6.45) is -5.72. The fourth-order valence-electron chi connectivity index (χ4n) is 4.80. The summed E-state index contributed by atoms with van der Waals surface area (Å²) in [4.78, 5) is 11.4. The van der Waals surface area contributed by atoms with E-state index in [4.69, 9.17) is 4.42 Å². The fraction of sp³-hybridized carbons (Fsp3) is 0.417. The van der Waals surface area contributed by atoms with E-state index >= 15 is 8.78 Å². The number of sulfonamides is 1. The molecule has 1 aliphatic heterocycles. The second-order valence-electron chi connectivity index (χ2n) is 9.38. The summed E-state index contributed by atoms with van der Waals surface area (Å²) in [7, 11) is -3.97. The molecule has 1 aromatic heterocycles. The lowest BCUT2D eigenvalue weighted by atomic mass is 9.78. The third-order valence-corrected chi connectivity index (χ3v) is 9.09. The normalized spacial score (nSPS) is 22.0. The second kappa shape index (κ2) is 9.67. The molecule has 37 heavy (non-hydrogen) atoms. The first-order chi connectivity index (χ1) is 17.2. The van der Waals surface area contributed by atoms with E-state index in [0.29, 0.717) is 30.5 Å². The number of H-pyrrole nitrogens is 1. The lowest BCUT2D eigenvalue weighted by Crippen LogP contribution is -2.45. The van der Waals surface area contributed by atoms with Crippen LogP contribution in [0.4, 0.5) is 22.0 Å². The molecule has 0 aliphatic carbocycles. The van der Waals surface area contributed by atoms with Gasteiger partial charge < -0.3 is 4.42 Å². The van der Waals surface area contributed by atoms with E-state index in [2.05, 4.69) is 5.10 Å². The highest BCUT2D eigenvalue weighted by Crippen LogP contribution is 2.43. The molecule has 1 N–H and O–H groups in total. The highest BCUT2D eigenvalue weighted by Gasteiger charge is 2.47. The van der Waals surface area contributed by atoms with Crippen molar-refractivity contribution < 1.29 is 34.8 Å². The maximum absolute atomic E-state index is 15.3. The van der Waals surface area contributed by atoms with Gasteiger partial charge in [0, 0.05) is 23.7 Å². The van der Waals surface area contributed by atoms with Crippen LogP contribution in [0.5, 0.6) is 0 Å². The van der Waals surface area contributed by atoms with Crippen LogP contribution in [-0.2, 0) is 22.0 Å². The Kier molecular flexibility index (Phi) is 7.06. The maximum Gasteiger partial charge on any atom is 0.434 e. The first kappa shape index (κ1) is 27.0. The zero-order valence-corrected chi connectivity index (χ0v) is 20.7. The van der Waals surface area contributed by atoms with Crippen molar-refractivity contribution in [2.75, 3.05) is 0 Å². The van der Waals surface area contributed by atoms with Crippen LogP contribution >= 0.6 is 0 Å². The third kappa shape index (κ3) is 5.33. The lowest BCUT2D eigenvalue weighted by molar-refractivity contribution is -0.145. The maximum atomic E-state index is 15.3. The first-order valence-corrected chi connectivity index (χ1v) is 12.9. The average molecular weight is 546 g/mol. The minimum Gasteiger partial charge on any atom is -0.392 e. The van der Waals surface area contributed by atoms with E-state index in [1.165, 1.54) is 0 Å². The van der Waals surface area contributed by atoms with E-state index in [-0.39, 0.29) is 5.56 Å². The molecule has 0 saturated carbocycles. The topological polar surface area (TPSA) is 96.3 Å². The number of hydrogen-bond donors (Lipinski definition) is 1. The highest BCUT2D eigenvalue weighted by molar-refractivity contribution is 7.89. The summed E-state index contributed by atoms with van der Waals surface area (Å²) in [5.41, 5.74) is -2.88. The summed E-state index contributed by atoms with van der Waals surface area (Å²) < 4.78 is 103. The molecule has 0 bridgehead atoms. The van der Waals surface area contributed by atoms with Gasteiger partial charge in [-0.1, -0.05) is 30.3 Å². The average Bonchev–Trinajstić information content (AvgIpc) is 3.25.